The average molecular weight is 222 g/mol. The van der Waals surface area contributed by atoms with Gasteiger partial charge in [-0.2, -0.15) is 0 Å². The fourth-order valence-electron chi connectivity index (χ4n) is 2.31. The molecular weight excluding hydrogens is 203 g/mol. The maximum atomic E-state index is 13.1. The van der Waals surface area contributed by atoms with Crippen LogP contribution in [0.5, 0.6) is 0 Å². The lowest BCUT2D eigenvalue weighted by Gasteiger charge is -2.27. The Morgan fingerprint density at radius 2 is 2.19 bits per heavy atom. The molecule has 0 aromatic heterocycles. The zero-order valence-electron chi connectivity index (χ0n) is 9.75. The van der Waals surface area contributed by atoms with Crippen LogP contribution in [0.2, 0.25) is 0 Å². The molecule has 1 N–H and O–H groups in total. The number of halogens is 1. The highest BCUT2D eigenvalue weighted by atomic mass is 19.1. The van der Waals surface area contributed by atoms with Crippen molar-refractivity contribution in [2.75, 3.05) is 0 Å². The first kappa shape index (κ1) is 11.6. The van der Waals surface area contributed by atoms with Crippen LogP contribution in [-0.4, -0.2) is 11.2 Å². The van der Waals surface area contributed by atoms with E-state index in [1.54, 1.807) is 12.1 Å². The number of aryl methyl sites for hydroxylation is 1. The van der Waals surface area contributed by atoms with E-state index in [2.05, 4.69) is 0 Å². The number of hydrogen-bond acceptors (Lipinski definition) is 1. The van der Waals surface area contributed by atoms with Crippen molar-refractivity contribution in [1.82, 2.24) is 0 Å². The summed E-state index contributed by atoms with van der Waals surface area (Å²) >= 11 is 0. The lowest BCUT2D eigenvalue weighted by molar-refractivity contribution is 0.117. The lowest BCUT2D eigenvalue weighted by atomic mass is 9.80. The number of aliphatic hydroxyl groups excluding tert-OH is 1. The molecule has 0 radical (unpaired) electrons. The molecule has 0 saturated heterocycles. The Kier molecular flexibility index (Phi) is 3.59. The zero-order chi connectivity index (χ0) is 11.5. The van der Waals surface area contributed by atoms with Crippen LogP contribution in [0.25, 0.3) is 0 Å². The monoisotopic (exact) mass is 222 g/mol. The van der Waals surface area contributed by atoms with Gasteiger partial charge in [0.1, 0.15) is 5.82 Å². The van der Waals surface area contributed by atoms with Gasteiger partial charge in [0.2, 0.25) is 0 Å². The van der Waals surface area contributed by atoms with E-state index in [9.17, 15) is 9.50 Å². The third-order valence-electron chi connectivity index (χ3n) is 3.60. The Bertz CT molecular complexity index is 358. The van der Waals surface area contributed by atoms with Crippen molar-refractivity contribution >= 4 is 0 Å². The Morgan fingerprint density at radius 1 is 1.44 bits per heavy atom. The van der Waals surface area contributed by atoms with Gasteiger partial charge in [-0.1, -0.05) is 25.3 Å². The fourth-order valence-corrected chi connectivity index (χ4v) is 2.31. The molecule has 0 heterocycles. The van der Waals surface area contributed by atoms with E-state index in [1.165, 1.54) is 25.3 Å². The normalized spacial score (nSPS) is 18.2. The molecular formula is C14H19FO. The third kappa shape index (κ3) is 2.82. The number of rotatable bonds is 4. The largest absolute Gasteiger partial charge is 0.393 e. The predicted octanol–water partition coefficient (Wildman–Crippen LogP) is 3.23. The highest BCUT2D eigenvalue weighted by molar-refractivity contribution is 5.27. The van der Waals surface area contributed by atoms with Gasteiger partial charge >= 0.3 is 0 Å². The molecule has 1 aromatic carbocycles. The summed E-state index contributed by atoms with van der Waals surface area (Å²) in [4.78, 5) is 0. The van der Waals surface area contributed by atoms with E-state index in [0.717, 1.165) is 17.5 Å². The van der Waals surface area contributed by atoms with E-state index in [1.807, 2.05) is 6.92 Å². The fraction of sp³-hybridized carbons (Fsp3) is 0.571. The minimum atomic E-state index is -0.314. The third-order valence-corrected chi connectivity index (χ3v) is 3.60. The molecule has 2 heteroatoms. The van der Waals surface area contributed by atoms with Crippen molar-refractivity contribution in [2.45, 2.75) is 45.1 Å². The summed E-state index contributed by atoms with van der Waals surface area (Å²) in [5, 5.41) is 9.93. The quantitative estimate of drug-likeness (QED) is 0.829. The highest BCUT2D eigenvalue weighted by Gasteiger charge is 2.21. The number of hydrogen-bond donors (Lipinski definition) is 1. The number of aliphatic hydroxyl groups is 1. The average Bonchev–Trinajstić information content (AvgIpc) is 2.18. The zero-order valence-corrected chi connectivity index (χ0v) is 9.75. The number of benzene rings is 1. The topological polar surface area (TPSA) is 20.2 Å². The van der Waals surface area contributed by atoms with Gasteiger partial charge in [0.15, 0.2) is 0 Å². The van der Waals surface area contributed by atoms with Crippen LogP contribution in [0.15, 0.2) is 18.2 Å². The summed E-state index contributed by atoms with van der Waals surface area (Å²) in [5.74, 6) is 0.486. The van der Waals surface area contributed by atoms with Gasteiger partial charge in [-0.3, -0.25) is 0 Å². The molecule has 1 aromatic rings. The summed E-state index contributed by atoms with van der Waals surface area (Å²) in [6.07, 6.45) is 4.94. The maximum absolute atomic E-state index is 13.1. The Morgan fingerprint density at radius 3 is 2.81 bits per heavy atom. The molecule has 88 valence electrons. The molecule has 1 nitrogen and oxygen atoms in total. The second kappa shape index (κ2) is 4.96. The molecule has 0 spiro atoms. The van der Waals surface area contributed by atoms with Gasteiger partial charge < -0.3 is 5.11 Å². The molecule has 0 bridgehead atoms. The van der Waals surface area contributed by atoms with Crippen LogP contribution in [0, 0.1) is 18.7 Å². The van der Waals surface area contributed by atoms with Gasteiger partial charge in [0.05, 0.1) is 6.10 Å². The van der Waals surface area contributed by atoms with Gasteiger partial charge in [0.25, 0.3) is 0 Å². The van der Waals surface area contributed by atoms with Gasteiger partial charge in [0, 0.05) is 0 Å². The van der Waals surface area contributed by atoms with Crippen molar-refractivity contribution in [3.05, 3.63) is 35.1 Å². The second-order valence-electron chi connectivity index (χ2n) is 4.96. The summed E-state index contributed by atoms with van der Waals surface area (Å²) < 4.78 is 13.1. The van der Waals surface area contributed by atoms with Crippen LogP contribution in [0.4, 0.5) is 4.39 Å². The molecule has 1 atom stereocenters. The van der Waals surface area contributed by atoms with E-state index >= 15 is 0 Å². The van der Waals surface area contributed by atoms with Gasteiger partial charge in [-0.15, -0.1) is 0 Å². The Balaban J connectivity index is 1.93. The van der Waals surface area contributed by atoms with Crippen LogP contribution in [-0.2, 0) is 6.42 Å². The summed E-state index contributed by atoms with van der Waals surface area (Å²) in [5.41, 5.74) is 2.00. The lowest BCUT2D eigenvalue weighted by Crippen LogP contribution is -2.21. The molecule has 16 heavy (non-hydrogen) atoms. The van der Waals surface area contributed by atoms with Gasteiger partial charge in [-0.05, 0) is 48.9 Å². The molecule has 1 fully saturated rings. The van der Waals surface area contributed by atoms with E-state index < -0.39 is 0 Å². The molecule has 0 amide bonds. The molecule has 1 unspecified atom stereocenters. The second-order valence-corrected chi connectivity index (χ2v) is 4.96. The standard InChI is InChI=1S/C14H19FO/c1-10-5-6-13(15)8-12(10)9-14(16)7-11-3-2-4-11/h5-6,8,11,14,16H,2-4,7,9H2,1H3. The molecule has 1 saturated carbocycles. The minimum Gasteiger partial charge on any atom is -0.393 e. The Hall–Kier alpha value is -0.890. The summed E-state index contributed by atoms with van der Waals surface area (Å²) in [6, 6.07) is 4.79. The smallest absolute Gasteiger partial charge is 0.123 e. The van der Waals surface area contributed by atoms with E-state index in [0.29, 0.717) is 12.3 Å². The van der Waals surface area contributed by atoms with Crippen LogP contribution in [0.1, 0.15) is 36.8 Å². The first-order valence-corrected chi connectivity index (χ1v) is 6.08. The molecule has 0 aliphatic heterocycles. The van der Waals surface area contributed by atoms with Gasteiger partial charge in [-0.25, -0.2) is 4.39 Å². The van der Waals surface area contributed by atoms with E-state index in [4.69, 9.17) is 0 Å². The van der Waals surface area contributed by atoms with Crippen molar-refractivity contribution in [2.24, 2.45) is 5.92 Å². The molecule has 1 aliphatic carbocycles. The van der Waals surface area contributed by atoms with Crippen molar-refractivity contribution in [3.8, 4) is 0 Å². The van der Waals surface area contributed by atoms with E-state index in [-0.39, 0.29) is 11.9 Å². The summed E-state index contributed by atoms with van der Waals surface area (Å²) in [6.45, 7) is 1.96. The van der Waals surface area contributed by atoms with Crippen molar-refractivity contribution in [3.63, 3.8) is 0 Å². The van der Waals surface area contributed by atoms with Crippen LogP contribution >= 0.6 is 0 Å². The molecule has 1 aliphatic rings. The Labute approximate surface area is 96.3 Å². The first-order valence-electron chi connectivity index (χ1n) is 6.08. The summed E-state index contributed by atoms with van der Waals surface area (Å²) in [7, 11) is 0. The van der Waals surface area contributed by atoms with Crippen molar-refractivity contribution in [1.29, 1.82) is 0 Å². The predicted molar refractivity (Wildman–Crippen MR) is 62.8 cm³/mol. The van der Waals surface area contributed by atoms with Crippen LogP contribution < -0.4 is 0 Å². The molecule has 2 rings (SSSR count). The van der Waals surface area contributed by atoms with Crippen LogP contribution in [0.3, 0.4) is 0 Å². The maximum Gasteiger partial charge on any atom is 0.123 e. The van der Waals surface area contributed by atoms with Crippen molar-refractivity contribution < 1.29 is 9.50 Å². The highest BCUT2D eigenvalue weighted by Crippen LogP contribution is 2.31. The SMILES string of the molecule is Cc1ccc(F)cc1CC(O)CC1CCC1. The first-order chi connectivity index (χ1) is 7.65. The minimum absolute atomic E-state index is 0.212.